The van der Waals surface area contributed by atoms with E-state index in [1.807, 2.05) is 19.2 Å². The number of rotatable bonds is 7. The van der Waals surface area contributed by atoms with Crippen LogP contribution in [0.25, 0.3) is 0 Å². The number of carbonyl (C=O) groups is 1. The molecule has 0 aliphatic heterocycles. The van der Waals surface area contributed by atoms with Crippen molar-refractivity contribution in [2.45, 2.75) is 37.1 Å². The molecular weight excluding hydrogens is 254 g/mol. The molecule has 1 amide bonds. The first-order valence-electron chi connectivity index (χ1n) is 5.58. The van der Waals surface area contributed by atoms with Gasteiger partial charge in [0, 0.05) is 16.8 Å². The summed E-state index contributed by atoms with van der Waals surface area (Å²) >= 11 is 3.17. The Morgan fingerprint density at radius 1 is 1.71 bits per heavy atom. The fraction of sp³-hybridized carbons (Fsp3) is 0.636. The highest BCUT2D eigenvalue weighted by atomic mass is 32.2. The lowest BCUT2D eigenvalue weighted by atomic mass is 10.1. The molecule has 1 rings (SSSR count). The van der Waals surface area contributed by atoms with Gasteiger partial charge < -0.3 is 11.1 Å². The van der Waals surface area contributed by atoms with Crippen LogP contribution in [0.4, 0.5) is 0 Å². The van der Waals surface area contributed by atoms with Gasteiger partial charge in [0.15, 0.2) is 0 Å². The summed E-state index contributed by atoms with van der Waals surface area (Å²) in [6.45, 7) is 6.66. The van der Waals surface area contributed by atoms with E-state index in [4.69, 9.17) is 5.73 Å². The van der Waals surface area contributed by atoms with E-state index in [1.165, 1.54) is 0 Å². The lowest BCUT2D eigenvalue weighted by Crippen LogP contribution is -2.55. The molecular formula is C11H19N3OS2. The van der Waals surface area contributed by atoms with Gasteiger partial charge in [0.2, 0.25) is 5.91 Å². The van der Waals surface area contributed by atoms with Crippen LogP contribution in [0.15, 0.2) is 9.72 Å². The second kappa shape index (κ2) is 6.37. The maximum absolute atomic E-state index is 11.5. The standard InChI is InChI=1S/C11H19N3OS2/c1-4-5-13-11(3,9(12)15)7-17-10-14-8(2)6-16-10/h6,13H,4-5,7H2,1-3H3,(H2,12,15). The van der Waals surface area contributed by atoms with Crippen LogP contribution in [-0.2, 0) is 4.79 Å². The average molecular weight is 273 g/mol. The molecule has 6 heteroatoms. The third-order valence-electron chi connectivity index (χ3n) is 2.39. The Bertz CT molecular complexity index is 381. The SMILES string of the molecule is CCCNC(C)(CSc1nc(C)cs1)C(N)=O. The summed E-state index contributed by atoms with van der Waals surface area (Å²) in [5.41, 5.74) is 5.80. The minimum atomic E-state index is -0.666. The minimum Gasteiger partial charge on any atom is -0.368 e. The van der Waals surface area contributed by atoms with Gasteiger partial charge in [0.05, 0.1) is 0 Å². The fourth-order valence-electron chi connectivity index (χ4n) is 1.21. The van der Waals surface area contributed by atoms with Gasteiger partial charge in [-0.3, -0.25) is 4.79 Å². The molecule has 0 aliphatic rings. The number of thiazole rings is 1. The molecule has 1 aromatic rings. The molecule has 1 unspecified atom stereocenters. The zero-order valence-corrected chi connectivity index (χ0v) is 12.1. The number of carbonyl (C=O) groups excluding carboxylic acids is 1. The second-order valence-electron chi connectivity index (χ2n) is 4.17. The molecule has 1 aromatic heterocycles. The first-order valence-corrected chi connectivity index (χ1v) is 7.44. The Kier molecular flexibility index (Phi) is 5.42. The summed E-state index contributed by atoms with van der Waals surface area (Å²) in [6, 6.07) is 0. The van der Waals surface area contributed by atoms with Crippen LogP contribution in [0.1, 0.15) is 26.0 Å². The highest BCUT2D eigenvalue weighted by Crippen LogP contribution is 2.25. The predicted molar refractivity (Wildman–Crippen MR) is 73.5 cm³/mol. The Balaban J connectivity index is 2.58. The molecule has 4 nitrogen and oxygen atoms in total. The van der Waals surface area contributed by atoms with Crippen LogP contribution in [0.3, 0.4) is 0 Å². The van der Waals surface area contributed by atoms with E-state index in [2.05, 4.69) is 17.2 Å². The van der Waals surface area contributed by atoms with Crippen molar-refractivity contribution >= 4 is 29.0 Å². The third-order valence-corrected chi connectivity index (χ3v) is 4.85. The van der Waals surface area contributed by atoms with E-state index in [9.17, 15) is 4.79 Å². The van der Waals surface area contributed by atoms with Gasteiger partial charge in [0.25, 0.3) is 0 Å². The molecule has 1 atom stereocenters. The zero-order valence-electron chi connectivity index (χ0n) is 10.4. The van der Waals surface area contributed by atoms with E-state index in [0.717, 1.165) is 23.0 Å². The van der Waals surface area contributed by atoms with Crippen LogP contribution in [0.2, 0.25) is 0 Å². The maximum Gasteiger partial charge on any atom is 0.238 e. The average Bonchev–Trinajstić information content (AvgIpc) is 2.69. The van der Waals surface area contributed by atoms with E-state index >= 15 is 0 Å². The third kappa shape index (κ3) is 4.29. The van der Waals surface area contributed by atoms with E-state index < -0.39 is 5.54 Å². The van der Waals surface area contributed by atoms with Crippen LogP contribution in [-0.4, -0.2) is 28.7 Å². The first-order chi connectivity index (χ1) is 7.98. The lowest BCUT2D eigenvalue weighted by Gasteiger charge is -2.26. The van der Waals surface area contributed by atoms with Crippen LogP contribution in [0, 0.1) is 6.92 Å². The molecule has 0 spiro atoms. The Hall–Kier alpha value is -0.590. The predicted octanol–water partition coefficient (Wildman–Crippen LogP) is 1.79. The number of nitrogens with one attached hydrogen (secondary N) is 1. The summed E-state index contributed by atoms with van der Waals surface area (Å²) in [5, 5.41) is 5.21. The van der Waals surface area contributed by atoms with Gasteiger partial charge in [-0.1, -0.05) is 18.7 Å². The van der Waals surface area contributed by atoms with Gasteiger partial charge in [-0.05, 0) is 26.8 Å². The van der Waals surface area contributed by atoms with Crippen LogP contribution < -0.4 is 11.1 Å². The number of nitrogens with zero attached hydrogens (tertiary/aromatic N) is 1. The zero-order chi connectivity index (χ0) is 12.9. The Labute approximate surface area is 110 Å². The quantitative estimate of drug-likeness (QED) is 0.743. The van der Waals surface area contributed by atoms with Crippen molar-refractivity contribution in [3.63, 3.8) is 0 Å². The molecule has 96 valence electrons. The molecule has 0 radical (unpaired) electrons. The van der Waals surface area contributed by atoms with Gasteiger partial charge in [-0.15, -0.1) is 11.3 Å². The summed E-state index contributed by atoms with van der Waals surface area (Å²) in [4.78, 5) is 15.8. The molecule has 1 heterocycles. The molecule has 0 bridgehead atoms. The van der Waals surface area contributed by atoms with Gasteiger partial charge in [-0.25, -0.2) is 4.98 Å². The summed E-state index contributed by atoms with van der Waals surface area (Å²) < 4.78 is 0.980. The maximum atomic E-state index is 11.5. The van der Waals surface area contributed by atoms with E-state index in [0.29, 0.717) is 5.75 Å². The fourth-order valence-corrected chi connectivity index (χ4v) is 3.19. The summed E-state index contributed by atoms with van der Waals surface area (Å²) in [6.07, 6.45) is 0.976. The van der Waals surface area contributed by atoms with Gasteiger partial charge in [0.1, 0.15) is 9.88 Å². The molecule has 0 saturated carbocycles. The molecule has 0 aliphatic carbocycles. The molecule has 3 N–H and O–H groups in total. The Morgan fingerprint density at radius 3 is 2.88 bits per heavy atom. The molecule has 0 aromatic carbocycles. The van der Waals surface area contributed by atoms with Crippen molar-refractivity contribution in [3.05, 3.63) is 11.1 Å². The summed E-state index contributed by atoms with van der Waals surface area (Å²) in [7, 11) is 0. The van der Waals surface area contributed by atoms with Crippen molar-refractivity contribution < 1.29 is 4.79 Å². The van der Waals surface area contributed by atoms with Crippen molar-refractivity contribution in [2.24, 2.45) is 5.73 Å². The summed E-state index contributed by atoms with van der Waals surface area (Å²) in [5.74, 6) is 0.293. The number of primary amides is 1. The highest BCUT2D eigenvalue weighted by molar-refractivity contribution is 8.01. The smallest absolute Gasteiger partial charge is 0.238 e. The normalized spacial score (nSPS) is 14.5. The number of nitrogens with two attached hydrogens (primary N) is 1. The molecule has 0 saturated heterocycles. The topological polar surface area (TPSA) is 68.0 Å². The molecule has 0 fully saturated rings. The van der Waals surface area contributed by atoms with E-state index in [1.54, 1.807) is 23.1 Å². The van der Waals surface area contributed by atoms with Crippen molar-refractivity contribution in [1.82, 2.24) is 10.3 Å². The number of amides is 1. The number of thioether (sulfide) groups is 1. The minimum absolute atomic E-state index is 0.313. The molecule has 17 heavy (non-hydrogen) atoms. The second-order valence-corrected chi connectivity index (χ2v) is 6.25. The number of aromatic nitrogens is 1. The van der Waals surface area contributed by atoms with Crippen LogP contribution >= 0.6 is 23.1 Å². The Morgan fingerprint density at radius 2 is 2.41 bits per heavy atom. The van der Waals surface area contributed by atoms with E-state index in [-0.39, 0.29) is 5.91 Å². The van der Waals surface area contributed by atoms with Crippen molar-refractivity contribution in [3.8, 4) is 0 Å². The number of aryl methyl sites for hydroxylation is 1. The highest BCUT2D eigenvalue weighted by Gasteiger charge is 2.30. The van der Waals surface area contributed by atoms with Crippen molar-refractivity contribution in [1.29, 1.82) is 0 Å². The number of hydrogen-bond acceptors (Lipinski definition) is 5. The van der Waals surface area contributed by atoms with Crippen molar-refractivity contribution in [2.75, 3.05) is 12.3 Å². The first kappa shape index (κ1) is 14.5. The van der Waals surface area contributed by atoms with Gasteiger partial charge >= 0.3 is 0 Å². The lowest BCUT2D eigenvalue weighted by molar-refractivity contribution is -0.122. The largest absolute Gasteiger partial charge is 0.368 e. The van der Waals surface area contributed by atoms with Crippen LogP contribution in [0.5, 0.6) is 0 Å². The number of hydrogen-bond donors (Lipinski definition) is 2. The van der Waals surface area contributed by atoms with Gasteiger partial charge in [-0.2, -0.15) is 0 Å². The monoisotopic (exact) mass is 273 g/mol.